The molecule has 2 aliphatic rings. The molecule has 0 aliphatic carbocycles. The first kappa shape index (κ1) is 21.9. The van der Waals surface area contributed by atoms with Gasteiger partial charge in [-0.3, -0.25) is 9.69 Å². The molecule has 1 aromatic carbocycles. The predicted molar refractivity (Wildman–Crippen MR) is 102 cm³/mol. The molecule has 0 radical (unpaired) electrons. The summed E-state index contributed by atoms with van der Waals surface area (Å²) in [6.45, 7) is 3.35. The van der Waals surface area contributed by atoms with Gasteiger partial charge in [0, 0.05) is 32.6 Å². The molecule has 9 heteroatoms. The number of rotatable bonds is 3. The maximum atomic E-state index is 12.9. The molecule has 2 fully saturated rings. The van der Waals surface area contributed by atoms with E-state index in [1.807, 2.05) is 30.1 Å². The van der Waals surface area contributed by atoms with Crippen molar-refractivity contribution in [3.05, 3.63) is 60.1 Å². The molecule has 1 amide bonds. The standard InChI is InChI=1S/C19H22N2O2.C2HF3O2/c1-20-10-9-19(18(20)22)14-21(12-16-8-5-11-23-16)13-17(19)15-6-3-2-4-7-15;3-2(4,5)1(6)7/h2-8,11,17H,9-10,12-14H2,1H3;(H,6,7)/t17-,19+;/m0./s1. The molecule has 6 nitrogen and oxygen atoms in total. The fourth-order valence-electron chi connectivity index (χ4n) is 4.29. The molecule has 1 spiro atoms. The van der Waals surface area contributed by atoms with Crippen molar-refractivity contribution >= 4 is 11.9 Å². The zero-order valence-electron chi connectivity index (χ0n) is 16.4. The molecule has 2 saturated heterocycles. The molecular formula is C21H23F3N2O4. The summed E-state index contributed by atoms with van der Waals surface area (Å²) in [5, 5.41) is 7.12. The second-order valence-corrected chi connectivity index (χ2v) is 7.65. The van der Waals surface area contributed by atoms with Crippen LogP contribution in [0.2, 0.25) is 0 Å². The molecule has 0 saturated carbocycles. The van der Waals surface area contributed by atoms with Crippen molar-refractivity contribution in [1.29, 1.82) is 0 Å². The van der Waals surface area contributed by atoms with Gasteiger partial charge < -0.3 is 14.4 Å². The minimum absolute atomic E-state index is 0.260. The summed E-state index contributed by atoms with van der Waals surface area (Å²) >= 11 is 0. The van der Waals surface area contributed by atoms with Crippen molar-refractivity contribution in [2.45, 2.75) is 25.1 Å². The molecule has 2 aromatic rings. The van der Waals surface area contributed by atoms with Crippen LogP contribution < -0.4 is 0 Å². The normalized spacial score (nSPS) is 24.2. The number of carboxylic acids is 1. The SMILES string of the molecule is CN1CC[C@]2(CN(Cc3ccco3)C[C@H]2c2ccccc2)C1=O.O=C(O)C(F)(F)F. The maximum absolute atomic E-state index is 12.9. The Bertz CT molecular complexity index is 870. The zero-order chi connectivity index (χ0) is 21.9. The lowest BCUT2D eigenvalue weighted by Crippen LogP contribution is -2.38. The van der Waals surface area contributed by atoms with Crippen LogP contribution >= 0.6 is 0 Å². The van der Waals surface area contributed by atoms with E-state index < -0.39 is 12.1 Å². The topological polar surface area (TPSA) is 74.0 Å². The minimum Gasteiger partial charge on any atom is -0.475 e. The van der Waals surface area contributed by atoms with E-state index in [1.54, 1.807) is 6.26 Å². The number of furan rings is 1. The molecule has 2 aliphatic heterocycles. The fourth-order valence-corrected chi connectivity index (χ4v) is 4.29. The quantitative estimate of drug-likeness (QED) is 0.818. The lowest BCUT2D eigenvalue weighted by Gasteiger charge is -2.28. The van der Waals surface area contributed by atoms with Gasteiger partial charge >= 0.3 is 12.1 Å². The van der Waals surface area contributed by atoms with Gasteiger partial charge in [-0.1, -0.05) is 30.3 Å². The molecular weight excluding hydrogens is 401 g/mol. The van der Waals surface area contributed by atoms with Crippen molar-refractivity contribution in [3.63, 3.8) is 0 Å². The number of nitrogens with zero attached hydrogens (tertiary/aromatic N) is 2. The first-order valence-electron chi connectivity index (χ1n) is 9.49. The Morgan fingerprint density at radius 3 is 2.40 bits per heavy atom. The highest BCUT2D eigenvalue weighted by molar-refractivity contribution is 5.86. The highest BCUT2D eigenvalue weighted by Gasteiger charge is 2.56. The van der Waals surface area contributed by atoms with Gasteiger partial charge in [0.2, 0.25) is 5.91 Å². The third-order valence-electron chi connectivity index (χ3n) is 5.68. The monoisotopic (exact) mass is 424 g/mol. The van der Waals surface area contributed by atoms with Gasteiger partial charge in [-0.25, -0.2) is 4.79 Å². The van der Waals surface area contributed by atoms with E-state index in [4.69, 9.17) is 14.3 Å². The van der Waals surface area contributed by atoms with Gasteiger partial charge in [0.15, 0.2) is 0 Å². The lowest BCUT2D eigenvalue weighted by molar-refractivity contribution is -0.192. The molecule has 0 unspecified atom stereocenters. The third-order valence-corrected chi connectivity index (χ3v) is 5.68. The summed E-state index contributed by atoms with van der Waals surface area (Å²) in [4.78, 5) is 26.1. The van der Waals surface area contributed by atoms with E-state index in [9.17, 15) is 18.0 Å². The van der Waals surface area contributed by atoms with E-state index >= 15 is 0 Å². The largest absolute Gasteiger partial charge is 0.490 e. The Balaban J connectivity index is 0.000000318. The first-order chi connectivity index (χ1) is 14.1. The Morgan fingerprint density at radius 2 is 1.90 bits per heavy atom. The van der Waals surface area contributed by atoms with Crippen LogP contribution in [0.3, 0.4) is 0 Å². The molecule has 1 N–H and O–H groups in total. The smallest absolute Gasteiger partial charge is 0.475 e. The van der Waals surface area contributed by atoms with Gasteiger partial charge in [0.1, 0.15) is 5.76 Å². The highest BCUT2D eigenvalue weighted by atomic mass is 19.4. The van der Waals surface area contributed by atoms with Gasteiger partial charge in [0.05, 0.1) is 18.2 Å². The van der Waals surface area contributed by atoms with Gasteiger partial charge in [-0.2, -0.15) is 13.2 Å². The summed E-state index contributed by atoms with van der Waals surface area (Å²) < 4.78 is 37.2. The summed E-state index contributed by atoms with van der Waals surface area (Å²) in [6.07, 6.45) is -2.43. The number of amides is 1. The van der Waals surface area contributed by atoms with Crippen LogP contribution in [-0.4, -0.2) is 59.6 Å². The number of hydrogen-bond donors (Lipinski definition) is 1. The highest BCUT2D eigenvalue weighted by Crippen LogP contribution is 2.49. The minimum atomic E-state index is -5.08. The average molecular weight is 424 g/mol. The van der Waals surface area contributed by atoms with Gasteiger partial charge in [0.25, 0.3) is 0 Å². The number of likely N-dealkylation sites (tertiary alicyclic amines) is 2. The average Bonchev–Trinajstić information content (AvgIpc) is 3.40. The molecule has 0 bridgehead atoms. The van der Waals surface area contributed by atoms with Crippen LogP contribution in [0.4, 0.5) is 13.2 Å². The van der Waals surface area contributed by atoms with Crippen LogP contribution in [-0.2, 0) is 16.1 Å². The number of hydrogen-bond acceptors (Lipinski definition) is 4. The number of carbonyl (C=O) groups is 2. The molecule has 30 heavy (non-hydrogen) atoms. The first-order valence-corrected chi connectivity index (χ1v) is 9.49. The van der Waals surface area contributed by atoms with Crippen molar-refractivity contribution in [2.75, 3.05) is 26.7 Å². The van der Waals surface area contributed by atoms with E-state index in [1.165, 1.54) is 5.56 Å². The Labute approximate surface area is 171 Å². The number of halogens is 3. The van der Waals surface area contributed by atoms with Gasteiger partial charge in [-0.05, 0) is 24.1 Å². The van der Waals surface area contributed by atoms with E-state index in [2.05, 4.69) is 29.2 Å². The molecule has 1 aromatic heterocycles. The summed E-state index contributed by atoms with van der Waals surface area (Å²) in [5.41, 5.74) is 1.00. The summed E-state index contributed by atoms with van der Waals surface area (Å²) in [7, 11) is 1.92. The van der Waals surface area contributed by atoms with Crippen LogP contribution in [0.25, 0.3) is 0 Å². The number of carbonyl (C=O) groups excluding carboxylic acids is 1. The van der Waals surface area contributed by atoms with Crippen LogP contribution in [0.15, 0.2) is 53.1 Å². The number of carboxylic acid groups (broad SMARTS) is 1. The Hall–Kier alpha value is -2.81. The zero-order valence-corrected chi connectivity index (χ0v) is 16.4. The molecule has 162 valence electrons. The summed E-state index contributed by atoms with van der Waals surface area (Å²) in [6, 6.07) is 14.4. The molecule has 2 atom stereocenters. The van der Waals surface area contributed by atoms with Crippen molar-refractivity contribution in [1.82, 2.24) is 9.80 Å². The second kappa shape index (κ2) is 8.51. The van der Waals surface area contributed by atoms with E-state index in [0.29, 0.717) is 5.91 Å². The molecule has 4 rings (SSSR count). The van der Waals surface area contributed by atoms with Crippen LogP contribution in [0.1, 0.15) is 23.7 Å². The summed E-state index contributed by atoms with van der Waals surface area (Å²) in [5.74, 6) is -1.23. The maximum Gasteiger partial charge on any atom is 0.490 e. The second-order valence-electron chi connectivity index (χ2n) is 7.65. The number of aliphatic carboxylic acids is 1. The van der Waals surface area contributed by atoms with E-state index in [-0.39, 0.29) is 11.3 Å². The Morgan fingerprint density at radius 1 is 1.23 bits per heavy atom. The van der Waals surface area contributed by atoms with Crippen molar-refractivity contribution in [3.8, 4) is 0 Å². The van der Waals surface area contributed by atoms with Crippen LogP contribution in [0.5, 0.6) is 0 Å². The van der Waals surface area contributed by atoms with Crippen molar-refractivity contribution < 1.29 is 32.3 Å². The van der Waals surface area contributed by atoms with Crippen LogP contribution in [0, 0.1) is 5.41 Å². The van der Waals surface area contributed by atoms with Crippen molar-refractivity contribution in [2.24, 2.45) is 5.41 Å². The molecule has 3 heterocycles. The lowest BCUT2D eigenvalue weighted by atomic mass is 9.73. The van der Waals surface area contributed by atoms with Gasteiger partial charge in [-0.15, -0.1) is 0 Å². The third kappa shape index (κ3) is 4.51. The Kier molecular flexibility index (Phi) is 6.21. The predicted octanol–water partition coefficient (Wildman–Crippen LogP) is 3.36. The fraction of sp³-hybridized carbons (Fsp3) is 0.429. The number of benzene rings is 1. The number of alkyl halides is 3. The van der Waals surface area contributed by atoms with E-state index in [0.717, 1.165) is 38.4 Å².